The van der Waals surface area contributed by atoms with E-state index in [1.165, 1.54) is 6.33 Å². The van der Waals surface area contributed by atoms with E-state index < -0.39 is 18.4 Å². The molecule has 0 aromatic carbocycles. The molecule has 1 aliphatic carbocycles. The number of anilines is 1. The van der Waals surface area contributed by atoms with Gasteiger partial charge in [0.15, 0.2) is 17.0 Å². The van der Waals surface area contributed by atoms with Gasteiger partial charge in [-0.05, 0) is 25.7 Å². The zero-order chi connectivity index (χ0) is 19.4. The molecule has 2 unspecified atom stereocenters. The SMILES string of the molecule is CC[C@@H](O)[C@@H](C)[C@@H](OCCO)n1cnc2c(NC3CCCC3O)ncnc21. The van der Waals surface area contributed by atoms with E-state index in [1.807, 2.05) is 13.8 Å². The highest BCUT2D eigenvalue weighted by Crippen LogP contribution is 2.30. The number of hydrogen-bond donors (Lipinski definition) is 4. The van der Waals surface area contributed by atoms with Crippen LogP contribution in [0.5, 0.6) is 0 Å². The minimum absolute atomic E-state index is 0.0458. The van der Waals surface area contributed by atoms with Crippen LogP contribution in [0.4, 0.5) is 5.82 Å². The highest BCUT2D eigenvalue weighted by Gasteiger charge is 2.29. The summed E-state index contributed by atoms with van der Waals surface area (Å²) in [6, 6.07) is -0.0458. The van der Waals surface area contributed by atoms with Crippen molar-refractivity contribution in [1.29, 1.82) is 0 Å². The van der Waals surface area contributed by atoms with Crippen LogP contribution in [-0.2, 0) is 4.74 Å². The van der Waals surface area contributed by atoms with E-state index in [0.29, 0.717) is 23.4 Å². The third-order valence-corrected chi connectivity index (χ3v) is 5.29. The third-order valence-electron chi connectivity index (χ3n) is 5.29. The maximum Gasteiger partial charge on any atom is 0.167 e. The van der Waals surface area contributed by atoms with E-state index in [1.54, 1.807) is 10.9 Å². The molecule has 0 amide bonds. The number of imidazole rings is 1. The van der Waals surface area contributed by atoms with Gasteiger partial charge in [0.1, 0.15) is 12.6 Å². The molecule has 4 N–H and O–H groups in total. The molecule has 1 fully saturated rings. The first-order valence-electron chi connectivity index (χ1n) is 9.59. The third kappa shape index (κ3) is 4.21. The van der Waals surface area contributed by atoms with Crippen LogP contribution in [0.25, 0.3) is 11.2 Å². The van der Waals surface area contributed by atoms with Gasteiger partial charge in [-0.15, -0.1) is 0 Å². The molecule has 2 aromatic heterocycles. The smallest absolute Gasteiger partial charge is 0.167 e. The molecule has 9 heteroatoms. The molecule has 2 heterocycles. The number of aromatic nitrogens is 4. The summed E-state index contributed by atoms with van der Waals surface area (Å²) in [5.41, 5.74) is 1.17. The van der Waals surface area contributed by atoms with Gasteiger partial charge in [0, 0.05) is 5.92 Å². The number of rotatable bonds is 9. The summed E-state index contributed by atoms with van der Waals surface area (Å²) in [7, 11) is 0. The Morgan fingerprint density at radius 1 is 1.33 bits per heavy atom. The molecule has 0 spiro atoms. The van der Waals surface area contributed by atoms with E-state index in [9.17, 15) is 10.2 Å². The first kappa shape index (κ1) is 19.9. The van der Waals surface area contributed by atoms with Crippen molar-refractivity contribution >= 4 is 17.0 Å². The molecular weight excluding hydrogens is 350 g/mol. The van der Waals surface area contributed by atoms with Crippen molar-refractivity contribution in [3.8, 4) is 0 Å². The van der Waals surface area contributed by atoms with Gasteiger partial charge in [0.05, 0.1) is 37.8 Å². The minimum atomic E-state index is -0.556. The van der Waals surface area contributed by atoms with E-state index in [-0.39, 0.29) is 25.2 Å². The molecule has 27 heavy (non-hydrogen) atoms. The number of aliphatic hydroxyl groups is 3. The van der Waals surface area contributed by atoms with Crippen molar-refractivity contribution in [2.24, 2.45) is 5.92 Å². The predicted octanol–water partition coefficient (Wildman–Crippen LogP) is 1.07. The number of hydrogen-bond acceptors (Lipinski definition) is 8. The summed E-state index contributed by atoms with van der Waals surface area (Å²) >= 11 is 0. The molecule has 0 bridgehead atoms. The van der Waals surface area contributed by atoms with Gasteiger partial charge in [0.25, 0.3) is 0 Å². The first-order chi connectivity index (χ1) is 13.1. The standard InChI is InChI=1S/C18H29N5O4/c1-3-13(25)11(2)18(27-8-7-24)23-10-21-15-16(19-9-20-17(15)23)22-12-5-4-6-14(12)26/h9-14,18,24-26H,3-8H2,1-2H3,(H,19,20,22)/t11-,12?,13-,14?,18-/m1/s1. The Balaban J connectivity index is 1.92. The number of nitrogens with zero attached hydrogens (tertiary/aromatic N) is 4. The summed E-state index contributed by atoms with van der Waals surface area (Å²) in [5.74, 6) is 0.358. The summed E-state index contributed by atoms with van der Waals surface area (Å²) in [5, 5.41) is 32.8. The summed E-state index contributed by atoms with van der Waals surface area (Å²) in [6.45, 7) is 3.85. The number of ether oxygens (including phenoxy) is 1. The molecule has 2 aromatic rings. The van der Waals surface area contributed by atoms with Crippen molar-refractivity contribution < 1.29 is 20.1 Å². The maximum absolute atomic E-state index is 10.3. The molecule has 3 rings (SSSR count). The van der Waals surface area contributed by atoms with Crippen LogP contribution in [0.3, 0.4) is 0 Å². The van der Waals surface area contributed by atoms with Crippen LogP contribution < -0.4 is 5.32 Å². The average Bonchev–Trinajstić information content (AvgIpc) is 3.28. The van der Waals surface area contributed by atoms with Gasteiger partial charge in [-0.1, -0.05) is 13.8 Å². The van der Waals surface area contributed by atoms with Crippen LogP contribution in [0.15, 0.2) is 12.7 Å². The zero-order valence-electron chi connectivity index (χ0n) is 15.8. The molecule has 5 atom stereocenters. The van der Waals surface area contributed by atoms with Crippen molar-refractivity contribution in [3.05, 3.63) is 12.7 Å². The van der Waals surface area contributed by atoms with E-state index >= 15 is 0 Å². The molecular formula is C18H29N5O4. The fourth-order valence-electron chi connectivity index (χ4n) is 3.65. The van der Waals surface area contributed by atoms with Crippen LogP contribution in [0.2, 0.25) is 0 Å². The average molecular weight is 379 g/mol. The Morgan fingerprint density at radius 3 is 2.81 bits per heavy atom. The van der Waals surface area contributed by atoms with E-state index in [4.69, 9.17) is 9.84 Å². The van der Waals surface area contributed by atoms with Crippen molar-refractivity contribution in [2.45, 2.75) is 64.0 Å². The first-order valence-corrected chi connectivity index (χ1v) is 9.59. The van der Waals surface area contributed by atoms with Crippen LogP contribution in [0, 0.1) is 5.92 Å². The Bertz CT molecular complexity index is 740. The van der Waals surface area contributed by atoms with Gasteiger partial charge in [-0.2, -0.15) is 0 Å². The zero-order valence-corrected chi connectivity index (χ0v) is 15.8. The lowest BCUT2D eigenvalue weighted by Crippen LogP contribution is -2.30. The topological polar surface area (TPSA) is 126 Å². The van der Waals surface area contributed by atoms with E-state index in [0.717, 1.165) is 19.3 Å². The second-order valence-corrected chi connectivity index (χ2v) is 7.12. The van der Waals surface area contributed by atoms with Gasteiger partial charge in [0.2, 0.25) is 0 Å². The second kappa shape index (κ2) is 8.92. The number of aliphatic hydroxyl groups excluding tert-OH is 3. The molecule has 0 radical (unpaired) electrons. The number of fused-ring (bicyclic) bond motifs is 1. The Morgan fingerprint density at radius 2 is 2.15 bits per heavy atom. The minimum Gasteiger partial charge on any atom is -0.394 e. The molecule has 0 saturated heterocycles. The molecule has 150 valence electrons. The highest BCUT2D eigenvalue weighted by molar-refractivity contribution is 5.82. The Kier molecular flexibility index (Phi) is 6.59. The van der Waals surface area contributed by atoms with Gasteiger partial charge < -0.3 is 25.4 Å². The van der Waals surface area contributed by atoms with Gasteiger partial charge >= 0.3 is 0 Å². The normalized spacial score (nSPS) is 23.4. The summed E-state index contributed by atoms with van der Waals surface area (Å²) in [4.78, 5) is 13.1. The largest absolute Gasteiger partial charge is 0.394 e. The van der Waals surface area contributed by atoms with E-state index in [2.05, 4.69) is 20.3 Å². The van der Waals surface area contributed by atoms with Crippen molar-refractivity contribution in [2.75, 3.05) is 18.5 Å². The second-order valence-electron chi connectivity index (χ2n) is 7.12. The monoisotopic (exact) mass is 379 g/mol. The van der Waals surface area contributed by atoms with Crippen molar-refractivity contribution in [3.63, 3.8) is 0 Å². The molecule has 0 aliphatic heterocycles. The lowest BCUT2D eigenvalue weighted by atomic mass is 10.0. The molecule has 1 saturated carbocycles. The van der Waals surface area contributed by atoms with Gasteiger partial charge in [-0.25, -0.2) is 15.0 Å². The summed E-state index contributed by atoms with van der Waals surface area (Å²) < 4.78 is 7.58. The van der Waals surface area contributed by atoms with Crippen molar-refractivity contribution in [1.82, 2.24) is 19.5 Å². The van der Waals surface area contributed by atoms with Gasteiger partial charge in [-0.3, -0.25) is 4.57 Å². The highest BCUT2D eigenvalue weighted by atomic mass is 16.5. The lowest BCUT2D eigenvalue weighted by molar-refractivity contribution is -0.0796. The summed E-state index contributed by atoms with van der Waals surface area (Å²) in [6.07, 6.45) is 4.84. The quantitative estimate of drug-likeness (QED) is 0.510. The van der Waals surface area contributed by atoms with Crippen LogP contribution in [-0.4, -0.2) is 66.3 Å². The Labute approximate surface area is 158 Å². The fourth-order valence-corrected chi connectivity index (χ4v) is 3.65. The molecule has 9 nitrogen and oxygen atoms in total. The molecule has 1 aliphatic rings. The maximum atomic E-state index is 10.3. The predicted molar refractivity (Wildman–Crippen MR) is 100 cm³/mol. The van der Waals surface area contributed by atoms with Crippen LogP contribution >= 0.6 is 0 Å². The number of nitrogens with one attached hydrogen (secondary N) is 1. The van der Waals surface area contributed by atoms with Crippen LogP contribution in [0.1, 0.15) is 45.8 Å². The fraction of sp³-hybridized carbons (Fsp3) is 0.722. The lowest BCUT2D eigenvalue weighted by Gasteiger charge is -2.28. The Hall–Kier alpha value is -1.81.